The lowest BCUT2D eigenvalue weighted by Gasteiger charge is -2.09. The molecular formula is C18H12Cl2N2O5. The Morgan fingerprint density at radius 1 is 1.11 bits per heavy atom. The molecule has 0 atom stereocenters. The zero-order valence-electron chi connectivity index (χ0n) is 13.6. The third-order valence-corrected chi connectivity index (χ3v) is 4.34. The van der Waals surface area contributed by atoms with Crippen LogP contribution >= 0.6 is 23.2 Å². The van der Waals surface area contributed by atoms with E-state index in [0.29, 0.717) is 27.8 Å². The van der Waals surface area contributed by atoms with Crippen LogP contribution in [0, 0.1) is 10.1 Å². The number of nitro benzene ring substituents is 1. The molecule has 3 rings (SSSR count). The second-order valence-electron chi connectivity index (χ2n) is 5.49. The molecule has 0 spiro atoms. The number of hydrogen-bond donors (Lipinski definition) is 2. The van der Waals surface area contributed by atoms with Gasteiger partial charge < -0.3 is 14.8 Å². The highest BCUT2D eigenvalue weighted by molar-refractivity contribution is 6.35. The van der Waals surface area contributed by atoms with E-state index in [1.165, 1.54) is 18.2 Å². The Hall–Kier alpha value is -2.87. The smallest absolute Gasteiger partial charge is 0.270 e. The first kappa shape index (κ1) is 18.9. The van der Waals surface area contributed by atoms with Crippen molar-refractivity contribution < 1.29 is 19.2 Å². The van der Waals surface area contributed by atoms with Gasteiger partial charge in [-0.15, -0.1) is 0 Å². The Morgan fingerprint density at radius 2 is 1.89 bits per heavy atom. The maximum atomic E-state index is 12.4. The highest BCUT2D eigenvalue weighted by Gasteiger charge is 2.16. The number of aliphatic hydroxyl groups excluding tert-OH is 1. The van der Waals surface area contributed by atoms with Crippen molar-refractivity contribution in [3.63, 3.8) is 0 Å². The zero-order chi connectivity index (χ0) is 19.6. The summed E-state index contributed by atoms with van der Waals surface area (Å²) in [5.41, 5.74) is 0.908. The topological polar surface area (TPSA) is 106 Å². The van der Waals surface area contributed by atoms with Gasteiger partial charge in [-0.05, 0) is 36.4 Å². The van der Waals surface area contributed by atoms with Crippen molar-refractivity contribution in [1.29, 1.82) is 0 Å². The number of amides is 1. The number of carbonyl (C=O) groups is 1. The minimum Gasteiger partial charge on any atom is -0.459 e. The van der Waals surface area contributed by atoms with Crippen molar-refractivity contribution >= 4 is 40.5 Å². The summed E-state index contributed by atoms with van der Waals surface area (Å²) in [6.07, 6.45) is 0. The molecule has 1 aromatic heterocycles. The number of halogens is 2. The highest BCUT2D eigenvalue weighted by Crippen LogP contribution is 2.32. The zero-order valence-corrected chi connectivity index (χ0v) is 15.1. The van der Waals surface area contributed by atoms with Crippen LogP contribution in [-0.4, -0.2) is 15.9 Å². The number of aliphatic hydroxyl groups is 1. The summed E-state index contributed by atoms with van der Waals surface area (Å²) in [4.78, 5) is 22.5. The lowest BCUT2D eigenvalue weighted by atomic mass is 10.1. The number of rotatable bonds is 5. The van der Waals surface area contributed by atoms with E-state index >= 15 is 0 Å². The average molecular weight is 407 g/mol. The van der Waals surface area contributed by atoms with Gasteiger partial charge >= 0.3 is 0 Å². The van der Waals surface area contributed by atoms with Crippen molar-refractivity contribution in [3.8, 4) is 11.3 Å². The number of non-ortho nitro benzene ring substituents is 1. The average Bonchev–Trinajstić information content (AvgIpc) is 3.10. The van der Waals surface area contributed by atoms with Crippen molar-refractivity contribution in [1.82, 2.24) is 0 Å². The highest BCUT2D eigenvalue weighted by atomic mass is 35.5. The van der Waals surface area contributed by atoms with Gasteiger partial charge in [-0.2, -0.15) is 0 Å². The summed E-state index contributed by atoms with van der Waals surface area (Å²) in [5.74, 6) is 0.367. The van der Waals surface area contributed by atoms with Crippen LogP contribution in [0.25, 0.3) is 11.3 Å². The van der Waals surface area contributed by atoms with Gasteiger partial charge in [-0.3, -0.25) is 14.9 Å². The molecule has 0 fully saturated rings. The van der Waals surface area contributed by atoms with Gasteiger partial charge in [0.2, 0.25) is 0 Å². The first-order chi connectivity index (χ1) is 12.9. The molecule has 0 unspecified atom stereocenters. The Balaban J connectivity index is 1.80. The maximum Gasteiger partial charge on any atom is 0.270 e. The number of nitro groups is 1. The second kappa shape index (κ2) is 7.79. The first-order valence-corrected chi connectivity index (χ1v) is 8.39. The number of benzene rings is 2. The fraction of sp³-hybridized carbons (Fsp3) is 0.0556. The van der Waals surface area contributed by atoms with Gasteiger partial charge in [0.1, 0.15) is 18.1 Å². The summed E-state index contributed by atoms with van der Waals surface area (Å²) in [7, 11) is 0. The monoisotopic (exact) mass is 406 g/mol. The van der Waals surface area contributed by atoms with Crippen molar-refractivity contribution in [2.75, 3.05) is 5.32 Å². The predicted octanol–water partition coefficient (Wildman–Crippen LogP) is 4.91. The van der Waals surface area contributed by atoms with E-state index in [9.17, 15) is 14.9 Å². The van der Waals surface area contributed by atoms with E-state index in [1.54, 1.807) is 24.3 Å². The molecular weight excluding hydrogens is 395 g/mol. The lowest BCUT2D eigenvalue weighted by molar-refractivity contribution is -0.384. The third-order valence-electron chi connectivity index (χ3n) is 3.72. The van der Waals surface area contributed by atoms with E-state index in [-0.39, 0.29) is 22.9 Å². The molecule has 1 heterocycles. The number of hydrogen-bond acceptors (Lipinski definition) is 5. The van der Waals surface area contributed by atoms with E-state index in [4.69, 9.17) is 32.7 Å². The molecule has 0 saturated carbocycles. The van der Waals surface area contributed by atoms with E-state index < -0.39 is 10.8 Å². The predicted molar refractivity (Wildman–Crippen MR) is 101 cm³/mol. The van der Waals surface area contributed by atoms with Crippen LogP contribution in [-0.2, 0) is 6.61 Å². The van der Waals surface area contributed by atoms with Crippen molar-refractivity contribution in [2.45, 2.75) is 6.61 Å². The van der Waals surface area contributed by atoms with Crippen LogP contribution in [0.5, 0.6) is 0 Å². The Kier molecular flexibility index (Phi) is 5.46. The number of carbonyl (C=O) groups excluding carboxylic acids is 1. The summed E-state index contributed by atoms with van der Waals surface area (Å²) < 4.78 is 5.44. The minimum absolute atomic E-state index is 0.0310. The standard InChI is InChI=1S/C18H12Cl2N2O5/c19-15-7-10(1-4-13(15)17-6-3-12(9-23)27-17)21-18(24)14-5-2-11(22(25)26)8-16(14)20/h1-8,23H,9H2,(H,21,24). The van der Waals surface area contributed by atoms with Crippen LogP contribution in [0.4, 0.5) is 11.4 Å². The molecule has 2 N–H and O–H groups in total. The van der Waals surface area contributed by atoms with E-state index in [0.717, 1.165) is 6.07 Å². The third kappa shape index (κ3) is 4.11. The molecule has 7 nitrogen and oxygen atoms in total. The Labute approximate surface area is 163 Å². The molecule has 0 saturated heterocycles. The van der Waals surface area contributed by atoms with Crippen LogP contribution < -0.4 is 5.32 Å². The summed E-state index contributed by atoms with van der Waals surface area (Å²) in [6, 6.07) is 11.7. The molecule has 27 heavy (non-hydrogen) atoms. The summed E-state index contributed by atoms with van der Waals surface area (Å²) in [5, 5.41) is 22.7. The number of anilines is 1. The summed E-state index contributed by atoms with van der Waals surface area (Å²) >= 11 is 12.2. The molecule has 0 aliphatic carbocycles. The van der Waals surface area contributed by atoms with Gasteiger partial charge in [0.25, 0.3) is 11.6 Å². The molecule has 1 amide bonds. The van der Waals surface area contributed by atoms with Crippen molar-refractivity contribution in [2.24, 2.45) is 0 Å². The molecule has 0 bridgehead atoms. The first-order valence-electron chi connectivity index (χ1n) is 7.64. The largest absolute Gasteiger partial charge is 0.459 e. The van der Waals surface area contributed by atoms with Crippen LogP contribution in [0.1, 0.15) is 16.1 Å². The fourth-order valence-corrected chi connectivity index (χ4v) is 2.93. The molecule has 138 valence electrons. The molecule has 9 heteroatoms. The summed E-state index contributed by atoms with van der Waals surface area (Å²) in [6.45, 7) is -0.220. The molecule has 0 aliphatic rings. The van der Waals surface area contributed by atoms with Gasteiger partial charge in [-0.25, -0.2) is 0 Å². The van der Waals surface area contributed by atoms with E-state index in [1.807, 2.05) is 0 Å². The minimum atomic E-state index is -0.594. The number of furan rings is 1. The van der Waals surface area contributed by atoms with Crippen molar-refractivity contribution in [3.05, 3.63) is 80.0 Å². The molecule has 0 aliphatic heterocycles. The van der Waals surface area contributed by atoms with Crippen LogP contribution in [0.15, 0.2) is 52.9 Å². The van der Waals surface area contributed by atoms with Gasteiger partial charge in [0, 0.05) is 23.4 Å². The fourth-order valence-electron chi connectivity index (χ4n) is 2.40. The van der Waals surface area contributed by atoms with Gasteiger partial charge in [-0.1, -0.05) is 23.2 Å². The van der Waals surface area contributed by atoms with Crippen LogP contribution in [0.3, 0.4) is 0 Å². The number of nitrogens with zero attached hydrogens (tertiary/aromatic N) is 1. The van der Waals surface area contributed by atoms with Gasteiger partial charge in [0.15, 0.2) is 0 Å². The normalized spacial score (nSPS) is 10.6. The second-order valence-corrected chi connectivity index (χ2v) is 6.31. The Morgan fingerprint density at radius 3 is 2.48 bits per heavy atom. The van der Waals surface area contributed by atoms with Gasteiger partial charge in [0.05, 0.1) is 20.5 Å². The van der Waals surface area contributed by atoms with Crippen LogP contribution in [0.2, 0.25) is 10.0 Å². The molecule has 2 aromatic carbocycles. The SMILES string of the molecule is O=C(Nc1ccc(-c2ccc(CO)o2)c(Cl)c1)c1ccc([N+](=O)[O-])cc1Cl. The Bertz CT molecular complexity index is 1030. The quantitative estimate of drug-likeness (QED) is 0.462. The number of nitrogens with one attached hydrogen (secondary N) is 1. The lowest BCUT2D eigenvalue weighted by Crippen LogP contribution is -2.12. The van der Waals surface area contributed by atoms with E-state index in [2.05, 4.69) is 5.32 Å². The molecule has 0 radical (unpaired) electrons. The molecule has 3 aromatic rings. The maximum absolute atomic E-state index is 12.4.